The number of hydrogen-bond donors (Lipinski definition) is 1. The van der Waals surface area contributed by atoms with Crippen molar-refractivity contribution in [3.05, 3.63) is 0 Å². The number of rotatable bonds is 8. The lowest BCUT2D eigenvalue weighted by Crippen LogP contribution is -2.51. The average molecular weight is 426 g/mol. The molecule has 0 spiro atoms. The number of fused-ring (bicyclic) bond motifs is 1. The lowest BCUT2D eigenvalue weighted by molar-refractivity contribution is -0.161. The van der Waals surface area contributed by atoms with E-state index in [4.69, 9.17) is 15.2 Å². The van der Waals surface area contributed by atoms with Crippen LogP contribution in [0.25, 0.3) is 0 Å². The van der Waals surface area contributed by atoms with Crippen molar-refractivity contribution in [3.63, 3.8) is 0 Å². The highest BCUT2D eigenvalue weighted by atomic mass is 35.5. The molecule has 0 aromatic carbocycles. The Bertz CT molecular complexity index is 600. The molecule has 160 valence electrons. The van der Waals surface area contributed by atoms with Crippen molar-refractivity contribution in [2.24, 2.45) is 23.5 Å². The standard InChI is InChI=1S/C16H23NO10.ClH/c1-3-22-14(20)26-7-24-12(18)10-9-5-6-16(17,11(9)10)13(19)25-8-27-15(21)23-4-2;/h9-11H,3-8,17H2,1-2H3;1H/t9-,10-,11-,16-;/m0./s1. The molecule has 0 aromatic heterocycles. The highest BCUT2D eigenvalue weighted by Crippen LogP contribution is 2.62. The summed E-state index contributed by atoms with van der Waals surface area (Å²) in [6, 6.07) is 0. The second-order valence-electron chi connectivity index (χ2n) is 6.08. The van der Waals surface area contributed by atoms with Gasteiger partial charge >= 0.3 is 24.2 Å². The maximum absolute atomic E-state index is 12.3. The van der Waals surface area contributed by atoms with Gasteiger partial charge in [0.25, 0.3) is 0 Å². The van der Waals surface area contributed by atoms with Gasteiger partial charge < -0.3 is 34.2 Å². The van der Waals surface area contributed by atoms with Crippen LogP contribution in [0.1, 0.15) is 26.7 Å². The molecule has 12 heteroatoms. The minimum Gasteiger partial charge on any atom is -0.435 e. The van der Waals surface area contributed by atoms with E-state index < -0.39 is 55.2 Å². The Morgan fingerprint density at radius 2 is 1.43 bits per heavy atom. The van der Waals surface area contributed by atoms with Crippen LogP contribution in [0.3, 0.4) is 0 Å². The normalized spacial score (nSPS) is 26.8. The zero-order valence-corrected chi connectivity index (χ0v) is 16.4. The van der Waals surface area contributed by atoms with Crippen LogP contribution >= 0.6 is 12.4 Å². The third-order valence-corrected chi connectivity index (χ3v) is 4.58. The van der Waals surface area contributed by atoms with Crippen LogP contribution in [-0.2, 0) is 38.0 Å². The summed E-state index contributed by atoms with van der Waals surface area (Å²) in [4.78, 5) is 46.4. The molecule has 2 saturated carbocycles. The van der Waals surface area contributed by atoms with Crippen LogP contribution in [0.15, 0.2) is 0 Å². The largest absolute Gasteiger partial charge is 0.511 e. The van der Waals surface area contributed by atoms with Gasteiger partial charge in [0.1, 0.15) is 5.54 Å². The first-order valence-corrected chi connectivity index (χ1v) is 8.57. The summed E-state index contributed by atoms with van der Waals surface area (Å²) in [5.41, 5.74) is 4.78. The van der Waals surface area contributed by atoms with Crippen LogP contribution in [0.5, 0.6) is 0 Å². The Kier molecular flexibility index (Phi) is 8.76. The summed E-state index contributed by atoms with van der Waals surface area (Å²) in [5, 5.41) is 0. The van der Waals surface area contributed by atoms with E-state index in [0.717, 1.165) is 0 Å². The fourth-order valence-corrected chi connectivity index (χ4v) is 3.38. The number of carbonyl (C=O) groups excluding carboxylic acids is 4. The molecule has 0 saturated heterocycles. The average Bonchev–Trinajstić information content (AvgIpc) is 3.25. The first-order chi connectivity index (χ1) is 12.8. The SMILES string of the molecule is CCOC(=O)OCOC(=O)[C@H]1[C@@H]2CC[C@@](N)(C(=O)OCOC(=O)OCC)[C@@H]21.Cl. The van der Waals surface area contributed by atoms with E-state index in [-0.39, 0.29) is 31.5 Å². The van der Waals surface area contributed by atoms with Crippen LogP contribution < -0.4 is 5.73 Å². The van der Waals surface area contributed by atoms with Crippen LogP contribution in [0.4, 0.5) is 9.59 Å². The van der Waals surface area contributed by atoms with E-state index in [1.165, 1.54) is 0 Å². The Labute approximate surface area is 167 Å². The summed E-state index contributed by atoms with van der Waals surface area (Å²) >= 11 is 0. The molecule has 0 aliphatic heterocycles. The molecule has 0 amide bonds. The molecule has 0 bridgehead atoms. The van der Waals surface area contributed by atoms with Crippen LogP contribution in [0.2, 0.25) is 0 Å². The Morgan fingerprint density at radius 3 is 1.96 bits per heavy atom. The monoisotopic (exact) mass is 425 g/mol. The second kappa shape index (κ2) is 10.3. The van der Waals surface area contributed by atoms with E-state index in [2.05, 4.69) is 18.9 Å². The quantitative estimate of drug-likeness (QED) is 0.338. The summed E-state index contributed by atoms with van der Waals surface area (Å²) in [6.07, 6.45) is -1.02. The van der Waals surface area contributed by atoms with Gasteiger partial charge in [-0.15, -0.1) is 12.4 Å². The molecule has 2 N–H and O–H groups in total. The van der Waals surface area contributed by atoms with Gasteiger partial charge in [0.05, 0.1) is 19.1 Å². The van der Waals surface area contributed by atoms with Crippen molar-refractivity contribution >= 4 is 36.7 Å². The van der Waals surface area contributed by atoms with Crippen molar-refractivity contribution in [1.29, 1.82) is 0 Å². The molecule has 0 heterocycles. The molecule has 2 fully saturated rings. The van der Waals surface area contributed by atoms with Gasteiger partial charge in [-0.3, -0.25) is 4.79 Å². The Hall–Kier alpha value is -2.27. The van der Waals surface area contributed by atoms with Crippen molar-refractivity contribution < 1.29 is 47.6 Å². The highest BCUT2D eigenvalue weighted by Gasteiger charge is 2.70. The Morgan fingerprint density at radius 1 is 0.893 bits per heavy atom. The predicted molar refractivity (Wildman–Crippen MR) is 92.0 cm³/mol. The summed E-state index contributed by atoms with van der Waals surface area (Å²) in [6.45, 7) is 2.26. The third kappa shape index (κ3) is 5.38. The van der Waals surface area contributed by atoms with E-state index in [9.17, 15) is 19.2 Å². The highest BCUT2D eigenvalue weighted by molar-refractivity contribution is 5.87. The van der Waals surface area contributed by atoms with Gasteiger partial charge in [0.15, 0.2) is 0 Å². The Balaban J connectivity index is 0.00000392. The molecule has 2 aliphatic rings. The zero-order valence-electron chi connectivity index (χ0n) is 15.5. The third-order valence-electron chi connectivity index (χ3n) is 4.58. The summed E-state index contributed by atoms with van der Waals surface area (Å²) in [7, 11) is 0. The van der Waals surface area contributed by atoms with Gasteiger partial charge in [-0.05, 0) is 32.6 Å². The minimum absolute atomic E-state index is 0. The van der Waals surface area contributed by atoms with Crippen molar-refractivity contribution in [3.8, 4) is 0 Å². The molecule has 28 heavy (non-hydrogen) atoms. The lowest BCUT2D eigenvalue weighted by Gasteiger charge is -2.24. The molecule has 4 atom stereocenters. The van der Waals surface area contributed by atoms with E-state index >= 15 is 0 Å². The number of halogens is 1. The number of esters is 2. The van der Waals surface area contributed by atoms with E-state index in [1.807, 2.05) is 0 Å². The fourth-order valence-electron chi connectivity index (χ4n) is 3.38. The van der Waals surface area contributed by atoms with Crippen LogP contribution in [0, 0.1) is 17.8 Å². The van der Waals surface area contributed by atoms with Gasteiger partial charge in [-0.1, -0.05) is 0 Å². The van der Waals surface area contributed by atoms with Crippen LogP contribution in [-0.4, -0.2) is 56.6 Å². The molecule has 2 aliphatic carbocycles. The van der Waals surface area contributed by atoms with Crippen molar-refractivity contribution in [2.45, 2.75) is 32.2 Å². The van der Waals surface area contributed by atoms with E-state index in [0.29, 0.717) is 12.8 Å². The zero-order chi connectivity index (χ0) is 20.0. The molecular weight excluding hydrogens is 402 g/mol. The first kappa shape index (κ1) is 23.8. The molecule has 0 aromatic rings. The van der Waals surface area contributed by atoms with Gasteiger partial charge in [0.2, 0.25) is 13.6 Å². The van der Waals surface area contributed by atoms with E-state index in [1.54, 1.807) is 13.8 Å². The van der Waals surface area contributed by atoms with Crippen molar-refractivity contribution in [2.75, 3.05) is 26.8 Å². The van der Waals surface area contributed by atoms with Gasteiger partial charge in [-0.25, -0.2) is 14.4 Å². The number of carbonyl (C=O) groups is 4. The maximum Gasteiger partial charge on any atom is 0.511 e. The van der Waals surface area contributed by atoms with Crippen molar-refractivity contribution in [1.82, 2.24) is 0 Å². The number of nitrogens with two attached hydrogens (primary N) is 1. The molecule has 2 rings (SSSR count). The first-order valence-electron chi connectivity index (χ1n) is 8.57. The lowest BCUT2D eigenvalue weighted by atomic mass is 9.91. The minimum atomic E-state index is -1.37. The fraction of sp³-hybridized carbons (Fsp3) is 0.750. The predicted octanol–water partition coefficient (Wildman–Crippen LogP) is 1.11. The molecular formula is C16H24ClNO10. The number of hydrogen-bond acceptors (Lipinski definition) is 11. The molecule has 11 nitrogen and oxygen atoms in total. The second-order valence-corrected chi connectivity index (χ2v) is 6.08. The molecule has 0 unspecified atom stereocenters. The van der Waals surface area contributed by atoms with Gasteiger partial charge in [-0.2, -0.15) is 0 Å². The topological polar surface area (TPSA) is 150 Å². The summed E-state index contributed by atoms with van der Waals surface area (Å²) in [5.74, 6) is -2.50. The van der Waals surface area contributed by atoms with Gasteiger partial charge in [0, 0.05) is 5.92 Å². The maximum atomic E-state index is 12.3. The smallest absolute Gasteiger partial charge is 0.435 e. The number of ether oxygens (including phenoxy) is 6. The summed E-state index contributed by atoms with van der Waals surface area (Å²) < 4.78 is 27.9. The molecule has 0 radical (unpaired) electrons.